The van der Waals surface area contributed by atoms with Gasteiger partial charge in [-0.2, -0.15) is 0 Å². The second kappa shape index (κ2) is 7.42. The van der Waals surface area contributed by atoms with Crippen LogP contribution in [0.25, 0.3) is 0 Å². The third kappa shape index (κ3) is 4.42. The molecule has 2 aromatic rings. The van der Waals surface area contributed by atoms with Crippen molar-refractivity contribution in [1.82, 2.24) is 9.97 Å². The van der Waals surface area contributed by atoms with Gasteiger partial charge in [0.15, 0.2) is 0 Å². The minimum atomic E-state index is -0.253. The second-order valence-corrected chi connectivity index (χ2v) is 6.18. The maximum absolute atomic E-state index is 12.2. The first kappa shape index (κ1) is 15.7. The molecule has 0 spiro atoms. The fourth-order valence-corrected chi connectivity index (χ4v) is 2.91. The molecule has 0 saturated heterocycles. The number of aromatic nitrogens is 2. The zero-order valence-electron chi connectivity index (χ0n) is 12.8. The van der Waals surface area contributed by atoms with Crippen molar-refractivity contribution in [2.75, 3.05) is 10.6 Å². The number of amides is 1. The highest BCUT2D eigenvalue weighted by molar-refractivity contribution is 6.30. The quantitative estimate of drug-likeness (QED) is 0.884. The molecule has 1 aliphatic carbocycles. The largest absolute Gasteiger partial charge is 0.351 e. The molecule has 1 fully saturated rings. The first-order chi connectivity index (χ1) is 11.2. The molecule has 0 radical (unpaired) electrons. The van der Waals surface area contributed by atoms with E-state index in [-0.39, 0.29) is 5.91 Å². The Morgan fingerprint density at radius 2 is 1.87 bits per heavy atom. The summed E-state index contributed by atoms with van der Waals surface area (Å²) in [5.74, 6) is 0.327. The van der Waals surface area contributed by atoms with Crippen LogP contribution in [0, 0.1) is 0 Å². The summed E-state index contributed by atoms with van der Waals surface area (Å²) in [5, 5.41) is 6.68. The van der Waals surface area contributed by atoms with Gasteiger partial charge in [0.1, 0.15) is 0 Å². The number of anilines is 2. The van der Waals surface area contributed by atoms with Crippen LogP contribution in [0.4, 0.5) is 11.6 Å². The zero-order valence-corrected chi connectivity index (χ0v) is 13.5. The Morgan fingerprint density at radius 1 is 1.13 bits per heavy atom. The van der Waals surface area contributed by atoms with Crippen molar-refractivity contribution < 1.29 is 4.79 Å². The van der Waals surface area contributed by atoms with Crippen LogP contribution in [0.15, 0.2) is 36.7 Å². The molecule has 0 unspecified atom stereocenters. The third-order valence-corrected chi connectivity index (χ3v) is 4.17. The van der Waals surface area contributed by atoms with Crippen molar-refractivity contribution in [3.63, 3.8) is 0 Å². The Kier molecular flexibility index (Phi) is 5.08. The molecule has 1 amide bonds. The van der Waals surface area contributed by atoms with Crippen molar-refractivity contribution in [3.8, 4) is 0 Å². The molecule has 1 heterocycles. The van der Waals surface area contributed by atoms with E-state index in [0.717, 1.165) is 12.8 Å². The summed E-state index contributed by atoms with van der Waals surface area (Å²) in [4.78, 5) is 20.7. The molecular formula is C17H19ClN4O. The average molecular weight is 331 g/mol. The van der Waals surface area contributed by atoms with E-state index < -0.39 is 0 Å². The fraction of sp³-hybridized carbons (Fsp3) is 0.353. The monoisotopic (exact) mass is 330 g/mol. The zero-order chi connectivity index (χ0) is 16.1. The predicted octanol–water partition coefficient (Wildman–Crippen LogP) is 4.13. The Hall–Kier alpha value is -2.14. The summed E-state index contributed by atoms with van der Waals surface area (Å²) in [6, 6.07) is 7.45. The molecule has 2 N–H and O–H groups in total. The number of nitrogens with one attached hydrogen (secondary N) is 2. The Balaban J connectivity index is 1.60. The highest BCUT2D eigenvalue weighted by atomic mass is 35.5. The van der Waals surface area contributed by atoms with Gasteiger partial charge in [-0.3, -0.25) is 4.79 Å². The van der Waals surface area contributed by atoms with Crippen LogP contribution in [0.5, 0.6) is 0 Å². The van der Waals surface area contributed by atoms with E-state index in [4.69, 9.17) is 11.6 Å². The summed E-state index contributed by atoms with van der Waals surface area (Å²) in [5.41, 5.74) is 1.06. The first-order valence-corrected chi connectivity index (χ1v) is 8.24. The minimum Gasteiger partial charge on any atom is -0.351 e. The lowest BCUT2D eigenvalue weighted by Gasteiger charge is -2.22. The van der Waals surface area contributed by atoms with E-state index in [1.165, 1.54) is 31.7 Å². The summed E-state index contributed by atoms with van der Waals surface area (Å²) in [6.45, 7) is 0. The van der Waals surface area contributed by atoms with Crippen molar-refractivity contribution >= 4 is 29.1 Å². The summed E-state index contributed by atoms with van der Waals surface area (Å²) in [6.07, 6.45) is 9.19. The number of nitrogens with zero attached hydrogens (tertiary/aromatic N) is 2. The number of benzene rings is 1. The number of hydrogen-bond donors (Lipinski definition) is 2. The molecule has 1 aromatic carbocycles. The van der Waals surface area contributed by atoms with Gasteiger partial charge in [0.05, 0.1) is 5.56 Å². The van der Waals surface area contributed by atoms with Gasteiger partial charge >= 0.3 is 0 Å². The predicted molar refractivity (Wildman–Crippen MR) is 91.9 cm³/mol. The first-order valence-electron chi connectivity index (χ1n) is 7.86. The molecular weight excluding hydrogens is 312 g/mol. The molecule has 0 bridgehead atoms. The number of rotatable bonds is 4. The summed E-state index contributed by atoms with van der Waals surface area (Å²) < 4.78 is 0. The molecule has 0 aliphatic heterocycles. The van der Waals surface area contributed by atoms with Gasteiger partial charge in [-0.1, -0.05) is 36.9 Å². The number of carbonyl (C=O) groups is 1. The molecule has 1 aromatic heterocycles. The molecule has 6 heteroatoms. The van der Waals surface area contributed by atoms with Gasteiger partial charge in [-0.05, 0) is 31.0 Å². The molecule has 120 valence electrons. The Morgan fingerprint density at radius 3 is 2.57 bits per heavy atom. The third-order valence-electron chi connectivity index (χ3n) is 3.93. The second-order valence-electron chi connectivity index (χ2n) is 5.74. The maximum atomic E-state index is 12.2. The van der Waals surface area contributed by atoms with Gasteiger partial charge in [0.2, 0.25) is 5.95 Å². The highest BCUT2D eigenvalue weighted by Gasteiger charge is 2.14. The molecule has 5 nitrogen and oxygen atoms in total. The van der Waals surface area contributed by atoms with Crippen LogP contribution < -0.4 is 10.6 Å². The van der Waals surface area contributed by atoms with Crippen LogP contribution in [-0.2, 0) is 0 Å². The van der Waals surface area contributed by atoms with Gasteiger partial charge in [0.25, 0.3) is 5.91 Å². The van der Waals surface area contributed by atoms with E-state index in [0.29, 0.717) is 28.3 Å². The van der Waals surface area contributed by atoms with E-state index >= 15 is 0 Å². The maximum Gasteiger partial charge on any atom is 0.258 e. The Labute approximate surface area is 140 Å². The fourth-order valence-electron chi connectivity index (χ4n) is 2.72. The van der Waals surface area contributed by atoms with Crippen molar-refractivity contribution in [2.45, 2.75) is 38.1 Å². The van der Waals surface area contributed by atoms with Crippen LogP contribution in [0.3, 0.4) is 0 Å². The lowest BCUT2D eigenvalue weighted by molar-refractivity contribution is 0.102. The smallest absolute Gasteiger partial charge is 0.258 e. The van der Waals surface area contributed by atoms with Crippen LogP contribution in [0.1, 0.15) is 42.5 Å². The number of hydrogen-bond acceptors (Lipinski definition) is 4. The van der Waals surface area contributed by atoms with E-state index in [1.807, 2.05) is 0 Å². The highest BCUT2D eigenvalue weighted by Crippen LogP contribution is 2.20. The van der Waals surface area contributed by atoms with Crippen molar-refractivity contribution in [3.05, 3.63) is 47.2 Å². The molecule has 1 saturated carbocycles. The molecule has 1 aliphatic rings. The van der Waals surface area contributed by atoms with Gasteiger partial charge in [-0.25, -0.2) is 9.97 Å². The lowest BCUT2D eigenvalue weighted by Crippen LogP contribution is -2.23. The van der Waals surface area contributed by atoms with Crippen LogP contribution >= 0.6 is 11.6 Å². The topological polar surface area (TPSA) is 66.9 Å². The summed E-state index contributed by atoms with van der Waals surface area (Å²) in [7, 11) is 0. The van der Waals surface area contributed by atoms with Crippen LogP contribution in [0.2, 0.25) is 5.02 Å². The van der Waals surface area contributed by atoms with Crippen molar-refractivity contribution in [2.24, 2.45) is 0 Å². The standard InChI is InChI=1S/C17H19ClN4O/c18-13-5-4-8-15(9-13)21-16(23)12-10-19-17(20-11-12)22-14-6-2-1-3-7-14/h4-5,8-11,14H,1-3,6-7H2,(H,21,23)(H,19,20,22). The van der Waals surface area contributed by atoms with E-state index in [1.54, 1.807) is 24.3 Å². The SMILES string of the molecule is O=C(Nc1cccc(Cl)c1)c1cnc(NC2CCCCC2)nc1. The number of carbonyl (C=O) groups excluding carboxylic acids is 1. The lowest BCUT2D eigenvalue weighted by atomic mass is 9.96. The minimum absolute atomic E-state index is 0.253. The van der Waals surface area contributed by atoms with Crippen molar-refractivity contribution in [1.29, 1.82) is 0 Å². The normalized spacial score (nSPS) is 15.2. The molecule has 23 heavy (non-hydrogen) atoms. The Bertz CT molecular complexity index is 669. The number of halogens is 1. The van der Waals surface area contributed by atoms with Gasteiger partial charge in [0, 0.05) is 29.1 Å². The van der Waals surface area contributed by atoms with Crippen LogP contribution in [-0.4, -0.2) is 21.9 Å². The molecule has 3 rings (SSSR count). The van der Waals surface area contributed by atoms with E-state index in [9.17, 15) is 4.79 Å². The average Bonchev–Trinajstić information content (AvgIpc) is 2.56. The van der Waals surface area contributed by atoms with Gasteiger partial charge < -0.3 is 10.6 Å². The summed E-state index contributed by atoms with van der Waals surface area (Å²) >= 11 is 5.90. The van der Waals surface area contributed by atoms with Gasteiger partial charge in [-0.15, -0.1) is 0 Å². The molecule has 0 atom stereocenters. The van der Waals surface area contributed by atoms with E-state index in [2.05, 4.69) is 20.6 Å².